The van der Waals surface area contributed by atoms with Gasteiger partial charge in [-0.2, -0.15) is 0 Å². The summed E-state index contributed by atoms with van der Waals surface area (Å²) in [5, 5.41) is 5.71. The molecule has 0 bridgehead atoms. The van der Waals surface area contributed by atoms with Gasteiger partial charge in [0.15, 0.2) is 11.5 Å². The highest BCUT2D eigenvalue weighted by atomic mass is 16.6. The summed E-state index contributed by atoms with van der Waals surface area (Å²) in [4.78, 5) is 25.1. The number of rotatable bonds is 3. The number of carbonyl (C=O) groups is 2. The third kappa shape index (κ3) is 4.14. The highest BCUT2D eigenvalue weighted by Gasteiger charge is 2.20. The fraction of sp³-hybridized carbons (Fsp3) is 0.300. The van der Waals surface area contributed by atoms with Gasteiger partial charge in [0.05, 0.1) is 11.3 Å². The molecule has 0 saturated heterocycles. The maximum absolute atomic E-state index is 12.6. The molecule has 0 unspecified atom stereocenters. The topological polar surface area (TPSA) is 76.7 Å². The first-order valence-corrected chi connectivity index (χ1v) is 8.46. The Morgan fingerprint density at radius 1 is 0.923 bits per heavy atom. The second kappa shape index (κ2) is 7.07. The molecule has 1 aliphatic heterocycles. The van der Waals surface area contributed by atoms with Gasteiger partial charge in [-0.1, -0.05) is 12.1 Å². The molecule has 1 heterocycles. The molecule has 6 nitrogen and oxygen atoms in total. The molecule has 0 radical (unpaired) electrons. The second-order valence-corrected chi connectivity index (χ2v) is 7.06. The first-order chi connectivity index (χ1) is 12.3. The van der Waals surface area contributed by atoms with Gasteiger partial charge >= 0.3 is 0 Å². The van der Waals surface area contributed by atoms with Gasteiger partial charge in [0.25, 0.3) is 11.8 Å². The summed E-state index contributed by atoms with van der Waals surface area (Å²) in [6.07, 6.45) is 0. The Kier molecular flexibility index (Phi) is 4.84. The van der Waals surface area contributed by atoms with Gasteiger partial charge < -0.3 is 20.1 Å². The third-order valence-electron chi connectivity index (χ3n) is 3.71. The lowest BCUT2D eigenvalue weighted by Crippen LogP contribution is -2.40. The Balaban J connectivity index is 1.81. The molecule has 136 valence electrons. The molecule has 0 aliphatic carbocycles. The lowest BCUT2D eigenvalue weighted by Gasteiger charge is -2.21. The van der Waals surface area contributed by atoms with Crippen LogP contribution in [0.25, 0.3) is 0 Å². The van der Waals surface area contributed by atoms with Crippen LogP contribution >= 0.6 is 0 Å². The Hall–Kier alpha value is -3.02. The van der Waals surface area contributed by atoms with Crippen molar-refractivity contribution in [3.8, 4) is 11.5 Å². The van der Waals surface area contributed by atoms with E-state index in [0.717, 1.165) is 0 Å². The zero-order chi connectivity index (χ0) is 18.7. The van der Waals surface area contributed by atoms with Crippen molar-refractivity contribution in [3.63, 3.8) is 0 Å². The van der Waals surface area contributed by atoms with Crippen LogP contribution in [0.3, 0.4) is 0 Å². The minimum atomic E-state index is -0.371. The van der Waals surface area contributed by atoms with Crippen molar-refractivity contribution in [1.82, 2.24) is 5.32 Å². The summed E-state index contributed by atoms with van der Waals surface area (Å²) in [6.45, 7) is 6.66. The van der Waals surface area contributed by atoms with Crippen LogP contribution < -0.4 is 20.1 Å². The smallest absolute Gasteiger partial charge is 0.255 e. The minimum Gasteiger partial charge on any atom is -0.486 e. The van der Waals surface area contributed by atoms with Crippen LogP contribution in [0.15, 0.2) is 42.5 Å². The van der Waals surface area contributed by atoms with Crippen LogP contribution in [0.2, 0.25) is 0 Å². The van der Waals surface area contributed by atoms with E-state index in [0.29, 0.717) is 41.5 Å². The molecule has 2 aromatic rings. The molecule has 1 aliphatic rings. The van der Waals surface area contributed by atoms with Crippen LogP contribution in [0.5, 0.6) is 11.5 Å². The number of carbonyl (C=O) groups excluding carboxylic acids is 2. The Bertz CT molecular complexity index is 840. The summed E-state index contributed by atoms with van der Waals surface area (Å²) in [6, 6.07) is 11.9. The first-order valence-electron chi connectivity index (χ1n) is 8.46. The fourth-order valence-corrected chi connectivity index (χ4v) is 2.58. The monoisotopic (exact) mass is 354 g/mol. The van der Waals surface area contributed by atoms with E-state index in [1.807, 2.05) is 20.8 Å². The van der Waals surface area contributed by atoms with Crippen LogP contribution in [-0.4, -0.2) is 30.6 Å². The van der Waals surface area contributed by atoms with Crippen LogP contribution in [0, 0.1) is 0 Å². The molecule has 0 spiro atoms. The number of benzene rings is 2. The molecular formula is C20H22N2O4. The summed E-state index contributed by atoms with van der Waals surface area (Å²) in [5.74, 6) is 0.606. The number of nitrogens with one attached hydrogen (secondary N) is 2. The van der Waals surface area contributed by atoms with Crippen molar-refractivity contribution in [1.29, 1.82) is 0 Å². The molecule has 0 saturated carbocycles. The molecule has 0 fully saturated rings. The lowest BCUT2D eigenvalue weighted by atomic mass is 10.1. The van der Waals surface area contributed by atoms with E-state index in [1.165, 1.54) is 0 Å². The number of ether oxygens (including phenoxy) is 2. The maximum atomic E-state index is 12.6. The van der Waals surface area contributed by atoms with Crippen molar-refractivity contribution in [2.24, 2.45) is 0 Å². The largest absolute Gasteiger partial charge is 0.486 e. The normalized spacial score (nSPS) is 13.0. The van der Waals surface area contributed by atoms with Gasteiger partial charge in [-0.25, -0.2) is 0 Å². The quantitative estimate of drug-likeness (QED) is 0.887. The van der Waals surface area contributed by atoms with Gasteiger partial charge in [-0.15, -0.1) is 0 Å². The third-order valence-corrected chi connectivity index (χ3v) is 3.71. The zero-order valence-corrected chi connectivity index (χ0v) is 15.1. The molecule has 6 heteroatoms. The highest BCUT2D eigenvalue weighted by molar-refractivity contribution is 6.09. The van der Waals surface area contributed by atoms with E-state index in [1.54, 1.807) is 42.5 Å². The molecule has 3 rings (SSSR count). The van der Waals surface area contributed by atoms with E-state index in [9.17, 15) is 9.59 Å². The van der Waals surface area contributed by atoms with Crippen molar-refractivity contribution >= 4 is 17.5 Å². The van der Waals surface area contributed by atoms with E-state index in [2.05, 4.69) is 10.6 Å². The van der Waals surface area contributed by atoms with Crippen molar-refractivity contribution in [3.05, 3.63) is 53.6 Å². The molecule has 2 amide bonds. The molecule has 0 aromatic heterocycles. The van der Waals surface area contributed by atoms with Gasteiger partial charge in [0.2, 0.25) is 0 Å². The standard InChI is InChI=1S/C20H22N2O4/c1-20(2,3)22-19(24)14-6-4-5-7-15(14)21-18(23)13-8-9-16-17(12-13)26-11-10-25-16/h4-9,12H,10-11H2,1-3H3,(H,21,23)(H,22,24). The van der Waals surface area contributed by atoms with Gasteiger partial charge in [-0.3, -0.25) is 9.59 Å². The average Bonchev–Trinajstić information content (AvgIpc) is 2.60. The van der Waals surface area contributed by atoms with Crippen molar-refractivity contribution in [2.45, 2.75) is 26.3 Å². The van der Waals surface area contributed by atoms with E-state index in [-0.39, 0.29) is 17.4 Å². The summed E-state index contributed by atoms with van der Waals surface area (Å²) in [5.41, 5.74) is 0.923. The Morgan fingerprint density at radius 2 is 1.62 bits per heavy atom. The predicted octanol–water partition coefficient (Wildman–Crippen LogP) is 3.24. The predicted molar refractivity (Wildman–Crippen MR) is 99.0 cm³/mol. The average molecular weight is 354 g/mol. The maximum Gasteiger partial charge on any atom is 0.255 e. The Morgan fingerprint density at radius 3 is 2.35 bits per heavy atom. The van der Waals surface area contributed by atoms with Crippen LogP contribution in [0.1, 0.15) is 41.5 Å². The van der Waals surface area contributed by atoms with Crippen molar-refractivity contribution in [2.75, 3.05) is 18.5 Å². The number of para-hydroxylation sites is 1. The molecule has 0 atom stereocenters. The number of anilines is 1. The van der Waals surface area contributed by atoms with E-state index < -0.39 is 0 Å². The second-order valence-electron chi connectivity index (χ2n) is 7.06. The van der Waals surface area contributed by atoms with E-state index in [4.69, 9.17) is 9.47 Å². The van der Waals surface area contributed by atoms with Gasteiger partial charge in [-0.05, 0) is 51.1 Å². The fourth-order valence-electron chi connectivity index (χ4n) is 2.58. The van der Waals surface area contributed by atoms with Gasteiger partial charge in [0.1, 0.15) is 13.2 Å². The molecule has 26 heavy (non-hydrogen) atoms. The summed E-state index contributed by atoms with van der Waals surface area (Å²) in [7, 11) is 0. The SMILES string of the molecule is CC(C)(C)NC(=O)c1ccccc1NC(=O)c1ccc2c(c1)OCCO2. The lowest BCUT2D eigenvalue weighted by molar-refractivity contribution is 0.0920. The molecule has 2 N–H and O–H groups in total. The number of amides is 2. The zero-order valence-electron chi connectivity index (χ0n) is 15.1. The Labute approximate surface area is 152 Å². The van der Waals surface area contributed by atoms with Crippen molar-refractivity contribution < 1.29 is 19.1 Å². The van der Waals surface area contributed by atoms with Crippen LogP contribution in [-0.2, 0) is 0 Å². The van der Waals surface area contributed by atoms with E-state index >= 15 is 0 Å². The van der Waals surface area contributed by atoms with Gasteiger partial charge in [0, 0.05) is 11.1 Å². The molecule has 2 aromatic carbocycles. The summed E-state index contributed by atoms with van der Waals surface area (Å²) >= 11 is 0. The molecular weight excluding hydrogens is 332 g/mol. The number of hydrogen-bond donors (Lipinski definition) is 2. The summed E-state index contributed by atoms with van der Waals surface area (Å²) < 4.78 is 11.0. The van der Waals surface area contributed by atoms with Crippen LogP contribution in [0.4, 0.5) is 5.69 Å². The first kappa shape index (κ1) is 17.8. The minimum absolute atomic E-state index is 0.240. The highest BCUT2D eigenvalue weighted by Crippen LogP contribution is 2.31. The number of fused-ring (bicyclic) bond motifs is 1. The number of hydrogen-bond acceptors (Lipinski definition) is 4.